The average molecular weight is 257 g/mol. The molecule has 0 bridgehead atoms. The molecule has 0 heterocycles. The maximum Gasteiger partial charge on any atom is 0.273 e. The van der Waals surface area contributed by atoms with Crippen molar-refractivity contribution in [3.05, 3.63) is 28.3 Å². The molecular weight excluding hydrogens is 242 g/mol. The lowest BCUT2D eigenvalue weighted by atomic mass is 10.2. The number of nitro benzene ring substituents is 1. The largest absolute Gasteiger partial charge is 0.388 e. The van der Waals surface area contributed by atoms with Gasteiger partial charge in [0.2, 0.25) is 0 Å². The van der Waals surface area contributed by atoms with Crippen LogP contribution in [-0.2, 0) is 10.8 Å². The van der Waals surface area contributed by atoms with E-state index in [4.69, 9.17) is 0 Å². The van der Waals surface area contributed by atoms with E-state index in [0.29, 0.717) is 23.7 Å². The first-order valence-corrected chi connectivity index (χ1v) is 6.77. The summed E-state index contributed by atoms with van der Waals surface area (Å²) in [5.41, 5.74) is 1.34. The van der Waals surface area contributed by atoms with Gasteiger partial charge in [0.15, 0.2) is 0 Å². The topological polar surface area (TPSA) is 84.3 Å². The van der Waals surface area contributed by atoms with Crippen molar-refractivity contribution in [2.24, 2.45) is 0 Å². The lowest BCUT2D eigenvalue weighted by molar-refractivity contribution is -0.384. The van der Waals surface area contributed by atoms with Gasteiger partial charge in [-0.3, -0.25) is 14.3 Å². The first kappa shape index (κ1) is 13.4. The van der Waals surface area contributed by atoms with Crippen molar-refractivity contribution in [3.63, 3.8) is 0 Å². The molecular formula is C10H15N3O3S. The first-order chi connectivity index (χ1) is 8.02. The fourth-order valence-electron chi connectivity index (χ4n) is 1.30. The molecule has 0 radical (unpaired) electrons. The Kier molecular flexibility index (Phi) is 4.89. The fourth-order valence-corrected chi connectivity index (χ4v) is 1.69. The van der Waals surface area contributed by atoms with Crippen LogP contribution in [0.3, 0.4) is 0 Å². The van der Waals surface area contributed by atoms with E-state index >= 15 is 0 Å². The molecule has 2 N–H and O–H groups in total. The van der Waals surface area contributed by atoms with Crippen LogP contribution in [0.4, 0.5) is 17.1 Å². The molecule has 0 aliphatic heterocycles. The van der Waals surface area contributed by atoms with Gasteiger partial charge in [-0.1, -0.05) is 0 Å². The molecule has 1 unspecified atom stereocenters. The summed E-state index contributed by atoms with van der Waals surface area (Å²) in [6.07, 6.45) is 1.62. The van der Waals surface area contributed by atoms with Crippen LogP contribution in [0.1, 0.15) is 0 Å². The van der Waals surface area contributed by atoms with Crippen LogP contribution < -0.4 is 10.6 Å². The van der Waals surface area contributed by atoms with E-state index in [1.54, 1.807) is 19.4 Å². The molecule has 94 valence electrons. The Morgan fingerprint density at radius 1 is 1.35 bits per heavy atom. The minimum absolute atomic E-state index is 0.0250. The van der Waals surface area contributed by atoms with Gasteiger partial charge in [-0.2, -0.15) is 0 Å². The highest BCUT2D eigenvalue weighted by molar-refractivity contribution is 7.84. The number of nitro groups is 1. The molecule has 0 amide bonds. The van der Waals surface area contributed by atoms with E-state index in [1.807, 2.05) is 0 Å². The third-order valence-electron chi connectivity index (χ3n) is 2.14. The Morgan fingerprint density at radius 2 is 2.00 bits per heavy atom. The summed E-state index contributed by atoms with van der Waals surface area (Å²) in [6, 6.07) is 4.69. The molecule has 0 saturated carbocycles. The van der Waals surface area contributed by atoms with E-state index in [0.717, 1.165) is 0 Å². The molecule has 6 nitrogen and oxygen atoms in total. The number of nitrogens with one attached hydrogen (secondary N) is 2. The van der Waals surface area contributed by atoms with Gasteiger partial charge in [-0.05, 0) is 6.07 Å². The van der Waals surface area contributed by atoms with Crippen LogP contribution in [0.5, 0.6) is 0 Å². The highest BCUT2D eigenvalue weighted by atomic mass is 32.2. The summed E-state index contributed by atoms with van der Waals surface area (Å²) in [5, 5.41) is 16.6. The third kappa shape index (κ3) is 4.39. The summed E-state index contributed by atoms with van der Waals surface area (Å²) >= 11 is 0. The zero-order valence-corrected chi connectivity index (χ0v) is 10.5. The SMILES string of the molecule is CNc1cc(NCCS(C)=O)cc([N+](=O)[O-])c1. The Morgan fingerprint density at radius 3 is 2.53 bits per heavy atom. The second-order valence-electron chi connectivity index (χ2n) is 3.48. The molecule has 1 rings (SSSR count). The molecule has 1 aromatic carbocycles. The molecule has 0 saturated heterocycles. The molecule has 0 aromatic heterocycles. The van der Waals surface area contributed by atoms with Gasteiger partial charge in [-0.25, -0.2) is 0 Å². The quantitative estimate of drug-likeness (QED) is 0.595. The Hall–Kier alpha value is -1.63. The zero-order valence-electron chi connectivity index (χ0n) is 9.73. The normalized spacial score (nSPS) is 11.9. The number of non-ortho nitro benzene ring substituents is 1. The summed E-state index contributed by atoms with van der Waals surface area (Å²) in [4.78, 5) is 10.3. The molecule has 1 aromatic rings. The average Bonchev–Trinajstić information content (AvgIpc) is 2.28. The van der Waals surface area contributed by atoms with E-state index in [1.165, 1.54) is 12.1 Å². The Bertz CT molecular complexity index is 437. The molecule has 0 aliphatic rings. The van der Waals surface area contributed by atoms with Crippen molar-refractivity contribution in [3.8, 4) is 0 Å². The summed E-state index contributed by atoms with van der Waals surface area (Å²) in [7, 11) is 0.826. The van der Waals surface area contributed by atoms with E-state index in [9.17, 15) is 14.3 Å². The van der Waals surface area contributed by atoms with E-state index in [2.05, 4.69) is 10.6 Å². The van der Waals surface area contributed by atoms with Crippen LogP contribution in [0, 0.1) is 10.1 Å². The van der Waals surface area contributed by atoms with E-state index < -0.39 is 15.7 Å². The minimum atomic E-state index is -0.872. The number of hydrogen-bond donors (Lipinski definition) is 2. The van der Waals surface area contributed by atoms with Crippen LogP contribution in [0.25, 0.3) is 0 Å². The molecule has 7 heteroatoms. The van der Waals surface area contributed by atoms with Gasteiger partial charge in [0.25, 0.3) is 5.69 Å². The molecule has 17 heavy (non-hydrogen) atoms. The van der Waals surface area contributed by atoms with Gasteiger partial charge in [-0.15, -0.1) is 0 Å². The number of benzene rings is 1. The minimum Gasteiger partial charge on any atom is -0.388 e. The van der Waals surface area contributed by atoms with Crippen LogP contribution in [0.2, 0.25) is 0 Å². The van der Waals surface area contributed by atoms with Crippen LogP contribution in [-0.4, -0.2) is 34.7 Å². The number of hydrogen-bond acceptors (Lipinski definition) is 5. The number of nitrogens with zero attached hydrogens (tertiary/aromatic N) is 1. The van der Waals surface area contributed by atoms with E-state index in [-0.39, 0.29) is 5.69 Å². The monoisotopic (exact) mass is 257 g/mol. The molecule has 1 atom stereocenters. The highest BCUT2D eigenvalue weighted by Gasteiger charge is 2.08. The zero-order chi connectivity index (χ0) is 12.8. The lowest BCUT2D eigenvalue weighted by Gasteiger charge is -2.07. The van der Waals surface area contributed by atoms with Crippen LogP contribution >= 0.6 is 0 Å². The van der Waals surface area contributed by atoms with Crippen molar-refractivity contribution < 1.29 is 9.13 Å². The standard InChI is InChI=1S/C10H15N3O3S/c1-11-8-5-9(12-3-4-17(2)16)7-10(6-8)13(14)15/h5-7,11-12H,3-4H2,1-2H3. The molecule has 0 fully saturated rings. The molecule has 0 aliphatic carbocycles. The summed E-state index contributed by atoms with van der Waals surface area (Å²) < 4.78 is 10.9. The lowest BCUT2D eigenvalue weighted by Crippen LogP contribution is -2.10. The van der Waals surface area contributed by atoms with Gasteiger partial charge in [0, 0.05) is 59.9 Å². The molecule has 0 spiro atoms. The van der Waals surface area contributed by atoms with Gasteiger partial charge in [0.05, 0.1) is 4.92 Å². The second kappa shape index (κ2) is 6.19. The number of anilines is 2. The smallest absolute Gasteiger partial charge is 0.273 e. The Labute approximate surface area is 102 Å². The number of rotatable bonds is 6. The predicted octanol–water partition coefficient (Wildman–Crippen LogP) is 1.43. The highest BCUT2D eigenvalue weighted by Crippen LogP contribution is 2.23. The fraction of sp³-hybridized carbons (Fsp3) is 0.400. The van der Waals surface area contributed by atoms with Crippen molar-refractivity contribution in [2.45, 2.75) is 0 Å². The summed E-state index contributed by atoms with van der Waals surface area (Å²) in [6.45, 7) is 0.521. The first-order valence-electron chi connectivity index (χ1n) is 5.04. The van der Waals surface area contributed by atoms with Crippen molar-refractivity contribution in [2.75, 3.05) is 36.2 Å². The van der Waals surface area contributed by atoms with Gasteiger partial charge in [0.1, 0.15) is 0 Å². The predicted molar refractivity (Wildman–Crippen MR) is 70.1 cm³/mol. The van der Waals surface area contributed by atoms with Crippen molar-refractivity contribution in [1.82, 2.24) is 0 Å². The maximum atomic E-state index is 10.9. The van der Waals surface area contributed by atoms with Gasteiger partial charge < -0.3 is 10.6 Å². The van der Waals surface area contributed by atoms with Crippen molar-refractivity contribution >= 4 is 27.9 Å². The Balaban J connectivity index is 2.80. The maximum absolute atomic E-state index is 10.9. The van der Waals surface area contributed by atoms with Crippen molar-refractivity contribution in [1.29, 1.82) is 0 Å². The second-order valence-corrected chi connectivity index (χ2v) is 5.03. The third-order valence-corrected chi connectivity index (χ3v) is 2.91. The van der Waals surface area contributed by atoms with Gasteiger partial charge >= 0.3 is 0 Å². The van der Waals surface area contributed by atoms with Crippen LogP contribution in [0.15, 0.2) is 18.2 Å². The summed E-state index contributed by atoms with van der Waals surface area (Å²) in [5.74, 6) is 0.511.